The molecule has 1 amide bonds. The summed E-state index contributed by atoms with van der Waals surface area (Å²) in [5, 5.41) is 6.83. The zero-order chi connectivity index (χ0) is 13.1. The molecule has 0 saturated carbocycles. The van der Waals surface area contributed by atoms with Crippen molar-refractivity contribution < 1.29 is 4.79 Å². The van der Waals surface area contributed by atoms with Crippen LogP contribution in [0.5, 0.6) is 0 Å². The molecule has 0 saturated heterocycles. The minimum Gasteiger partial charge on any atom is -0.382 e. The van der Waals surface area contributed by atoms with E-state index in [2.05, 4.69) is 10.4 Å². The van der Waals surface area contributed by atoms with E-state index in [0.717, 1.165) is 16.8 Å². The highest BCUT2D eigenvalue weighted by Gasteiger charge is 2.06. The van der Waals surface area contributed by atoms with Crippen LogP contribution >= 0.6 is 0 Å². The average Bonchev–Trinajstić information content (AvgIpc) is 2.69. The van der Waals surface area contributed by atoms with E-state index in [1.807, 2.05) is 32.0 Å². The van der Waals surface area contributed by atoms with E-state index < -0.39 is 0 Å². The number of hydrogen-bond donors (Lipinski definition) is 2. The van der Waals surface area contributed by atoms with Gasteiger partial charge in [-0.15, -0.1) is 0 Å². The summed E-state index contributed by atoms with van der Waals surface area (Å²) in [6.45, 7) is 4.11. The van der Waals surface area contributed by atoms with Gasteiger partial charge >= 0.3 is 0 Å². The molecule has 0 aliphatic heterocycles. The summed E-state index contributed by atoms with van der Waals surface area (Å²) in [6, 6.07) is 7.60. The molecule has 0 bridgehead atoms. The highest BCUT2D eigenvalue weighted by atomic mass is 16.2. The fraction of sp³-hybridized carbons (Fsp3) is 0.231. The van der Waals surface area contributed by atoms with Crippen molar-refractivity contribution in [3.63, 3.8) is 0 Å². The zero-order valence-corrected chi connectivity index (χ0v) is 10.5. The van der Waals surface area contributed by atoms with E-state index in [1.165, 1.54) is 4.68 Å². The Labute approximate surface area is 106 Å². The van der Waals surface area contributed by atoms with Crippen molar-refractivity contribution in [2.75, 3.05) is 11.1 Å². The standard InChI is InChI=1S/C13H16N4O/c1-9-3-4-10(2)11(7-9)15-13(18)8-17-6-5-12(14)16-17/h3-7H,8H2,1-2H3,(H2,14,16)(H,15,18). The quantitative estimate of drug-likeness (QED) is 0.863. The SMILES string of the molecule is Cc1ccc(C)c(NC(=O)Cn2ccc(N)n2)c1. The third-order valence-electron chi connectivity index (χ3n) is 2.63. The van der Waals surface area contributed by atoms with Crippen LogP contribution in [0.3, 0.4) is 0 Å². The molecule has 5 nitrogen and oxygen atoms in total. The second kappa shape index (κ2) is 4.91. The van der Waals surface area contributed by atoms with Crippen molar-refractivity contribution in [1.29, 1.82) is 0 Å². The molecule has 2 rings (SSSR count). The Hall–Kier alpha value is -2.30. The summed E-state index contributed by atoms with van der Waals surface area (Å²) in [5.74, 6) is 0.293. The number of benzene rings is 1. The molecule has 1 aromatic carbocycles. The molecule has 0 atom stereocenters. The highest BCUT2D eigenvalue weighted by Crippen LogP contribution is 2.16. The lowest BCUT2D eigenvalue weighted by molar-refractivity contribution is -0.116. The van der Waals surface area contributed by atoms with Gasteiger partial charge in [-0.3, -0.25) is 9.48 Å². The lowest BCUT2D eigenvalue weighted by Crippen LogP contribution is -2.19. The van der Waals surface area contributed by atoms with E-state index in [9.17, 15) is 4.79 Å². The molecule has 2 aromatic rings. The maximum absolute atomic E-state index is 11.8. The summed E-state index contributed by atoms with van der Waals surface area (Å²) in [4.78, 5) is 11.8. The highest BCUT2D eigenvalue weighted by molar-refractivity contribution is 5.91. The molecule has 18 heavy (non-hydrogen) atoms. The summed E-state index contributed by atoms with van der Waals surface area (Å²) in [7, 11) is 0. The molecule has 0 aliphatic rings. The van der Waals surface area contributed by atoms with Crippen LogP contribution in [-0.2, 0) is 11.3 Å². The van der Waals surface area contributed by atoms with Crippen LogP contribution in [0.25, 0.3) is 0 Å². The fourth-order valence-electron chi connectivity index (χ4n) is 1.67. The van der Waals surface area contributed by atoms with Gasteiger partial charge in [0.15, 0.2) is 0 Å². The first-order chi connectivity index (χ1) is 8.54. The Morgan fingerprint density at radius 1 is 1.39 bits per heavy atom. The molecule has 94 valence electrons. The monoisotopic (exact) mass is 244 g/mol. The van der Waals surface area contributed by atoms with Crippen LogP contribution < -0.4 is 11.1 Å². The van der Waals surface area contributed by atoms with Crippen molar-refractivity contribution in [3.8, 4) is 0 Å². The number of anilines is 2. The van der Waals surface area contributed by atoms with Crippen LogP contribution in [0, 0.1) is 13.8 Å². The van der Waals surface area contributed by atoms with Gasteiger partial charge < -0.3 is 11.1 Å². The van der Waals surface area contributed by atoms with Crippen molar-refractivity contribution >= 4 is 17.4 Å². The molecule has 0 radical (unpaired) electrons. The molecule has 3 N–H and O–H groups in total. The third kappa shape index (κ3) is 2.88. The molecule has 0 unspecified atom stereocenters. The first-order valence-electron chi connectivity index (χ1n) is 5.70. The van der Waals surface area contributed by atoms with Gasteiger partial charge in [0, 0.05) is 11.9 Å². The normalized spacial score (nSPS) is 10.3. The Balaban J connectivity index is 2.05. The van der Waals surface area contributed by atoms with Crippen molar-refractivity contribution in [1.82, 2.24) is 9.78 Å². The molecule has 5 heteroatoms. The predicted octanol–water partition coefficient (Wildman–Crippen LogP) is 1.72. The number of aromatic nitrogens is 2. The number of carbonyl (C=O) groups excluding carboxylic acids is 1. The maximum Gasteiger partial charge on any atom is 0.246 e. The van der Waals surface area contributed by atoms with Gasteiger partial charge in [-0.05, 0) is 37.1 Å². The van der Waals surface area contributed by atoms with E-state index in [1.54, 1.807) is 12.3 Å². The number of hydrogen-bond acceptors (Lipinski definition) is 3. The Morgan fingerprint density at radius 2 is 2.17 bits per heavy atom. The molecule has 0 fully saturated rings. The van der Waals surface area contributed by atoms with E-state index >= 15 is 0 Å². The van der Waals surface area contributed by atoms with Gasteiger partial charge in [0.2, 0.25) is 5.91 Å². The largest absolute Gasteiger partial charge is 0.382 e. The van der Waals surface area contributed by atoms with Gasteiger partial charge in [0.25, 0.3) is 0 Å². The van der Waals surface area contributed by atoms with Crippen LogP contribution in [0.2, 0.25) is 0 Å². The van der Waals surface area contributed by atoms with Crippen LogP contribution in [0.4, 0.5) is 11.5 Å². The van der Waals surface area contributed by atoms with Crippen molar-refractivity contribution in [3.05, 3.63) is 41.6 Å². The summed E-state index contributed by atoms with van der Waals surface area (Å²) >= 11 is 0. The Bertz CT molecular complexity index is 574. The van der Waals surface area contributed by atoms with E-state index in [-0.39, 0.29) is 12.5 Å². The summed E-state index contributed by atoms with van der Waals surface area (Å²) in [6.07, 6.45) is 1.68. The van der Waals surface area contributed by atoms with Gasteiger partial charge in [-0.2, -0.15) is 5.10 Å². The number of nitrogen functional groups attached to an aromatic ring is 1. The summed E-state index contributed by atoms with van der Waals surface area (Å²) in [5.41, 5.74) is 8.47. The number of nitrogens with two attached hydrogens (primary N) is 1. The smallest absolute Gasteiger partial charge is 0.246 e. The Kier molecular flexibility index (Phi) is 3.32. The average molecular weight is 244 g/mol. The Morgan fingerprint density at radius 3 is 2.83 bits per heavy atom. The number of carbonyl (C=O) groups is 1. The molecular formula is C13H16N4O. The second-order valence-corrected chi connectivity index (χ2v) is 4.30. The predicted molar refractivity (Wildman–Crippen MR) is 71.2 cm³/mol. The maximum atomic E-state index is 11.8. The summed E-state index contributed by atoms with van der Waals surface area (Å²) < 4.78 is 1.51. The number of aryl methyl sites for hydroxylation is 2. The fourth-order valence-corrected chi connectivity index (χ4v) is 1.67. The lowest BCUT2D eigenvalue weighted by Gasteiger charge is -2.09. The van der Waals surface area contributed by atoms with Gasteiger partial charge in [0.05, 0.1) is 0 Å². The topological polar surface area (TPSA) is 72.9 Å². The first-order valence-corrected chi connectivity index (χ1v) is 5.70. The molecule has 0 aliphatic carbocycles. The minimum absolute atomic E-state index is 0.119. The van der Waals surface area contributed by atoms with Crippen LogP contribution in [0.15, 0.2) is 30.5 Å². The second-order valence-electron chi connectivity index (χ2n) is 4.30. The zero-order valence-electron chi connectivity index (χ0n) is 10.5. The van der Waals surface area contributed by atoms with E-state index in [0.29, 0.717) is 5.82 Å². The molecule has 1 aromatic heterocycles. The molecule has 1 heterocycles. The van der Waals surface area contributed by atoms with Gasteiger partial charge in [-0.1, -0.05) is 12.1 Å². The number of amides is 1. The number of rotatable bonds is 3. The van der Waals surface area contributed by atoms with Crippen LogP contribution in [-0.4, -0.2) is 15.7 Å². The molecular weight excluding hydrogens is 228 g/mol. The van der Waals surface area contributed by atoms with Crippen molar-refractivity contribution in [2.24, 2.45) is 0 Å². The molecule has 0 spiro atoms. The van der Waals surface area contributed by atoms with Crippen LogP contribution in [0.1, 0.15) is 11.1 Å². The van der Waals surface area contributed by atoms with Gasteiger partial charge in [-0.25, -0.2) is 0 Å². The third-order valence-corrected chi connectivity index (χ3v) is 2.63. The number of nitrogens with zero attached hydrogens (tertiary/aromatic N) is 2. The minimum atomic E-state index is -0.119. The van der Waals surface area contributed by atoms with E-state index in [4.69, 9.17) is 5.73 Å². The van der Waals surface area contributed by atoms with Crippen molar-refractivity contribution in [2.45, 2.75) is 20.4 Å². The van der Waals surface area contributed by atoms with Gasteiger partial charge in [0.1, 0.15) is 12.4 Å². The first kappa shape index (κ1) is 12.2. The lowest BCUT2D eigenvalue weighted by atomic mass is 10.1. The number of nitrogens with one attached hydrogen (secondary N) is 1.